The average Bonchev–Trinajstić information content (AvgIpc) is 3.35. The molecule has 2 aliphatic rings. The number of carboxylic acid groups (broad SMARTS) is 1. The summed E-state index contributed by atoms with van der Waals surface area (Å²) >= 11 is 0. The van der Waals surface area contributed by atoms with Gasteiger partial charge < -0.3 is 20.5 Å². The monoisotopic (exact) mass is 422 g/mol. The van der Waals surface area contributed by atoms with Gasteiger partial charge in [-0.25, -0.2) is 4.79 Å². The van der Waals surface area contributed by atoms with Gasteiger partial charge in [0.1, 0.15) is 12.6 Å². The first kappa shape index (κ1) is 20.9. The molecule has 0 unspecified atom stereocenters. The molecule has 3 N–H and O–H groups in total. The van der Waals surface area contributed by atoms with Gasteiger partial charge in [0, 0.05) is 17.9 Å². The summed E-state index contributed by atoms with van der Waals surface area (Å²) in [5.41, 5.74) is 4.66. The number of carbonyl (C=O) groups is 3. The maximum Gasteiger partial charge on any atom is 0.407 e. The van der Waals surface area contributed by atoms with Crippen LogP contribution in [0.25, 0.3) is 11.1 Å². The first-order valence-electron chi connectivity index (χ1n) is 10.6. The molecule has 0 saturated heterocycles. The second-order valence-corrected chi connectivity index (χ2v) is 8.25. The molecule has 0 radical (unpaired) electrons. The molecule has 7 nitrogen and oxygen atoms in total. The van der Waals surface area contributed by atoms with Crippen molar-refractivity contribution < 1.29 is 24.2 Å². The number of hydrogen-bond acceptors (Lipinski definition) is 4. The van der Waals surface area contributed by atoms with E-state index in [9.17, 15) is 14.4 Å². The van der Waals surface area contributed by atoms with E-state index >= 15 is 0 Å². The summed E-state index contributed by atoms with van der Waals surface area (Å²) < 4.78 is 5.57. The minimum atomic E-state index is -1.07. The molecule has 2 aromatic carbocycles. The zero-order valence-corrected chi connectivity index (χ0v) is 17.3. The van der Waals surface area contributed by atoms with Crippen LogP contribution >= 0.6 is 0 Å². The lowest BCUT2D eigenvalue weighted by Crippen LogP contribution is -2.41. The van der Waals surface area contributed by atoms with Crippen molar-refractivity contribution in [3.05, 3.63) is 59.7 Å². The number of fused-ring (bicyclic) bond motifs is 3. The topological polar surface area (TPSA) is 105 Å². The fourth-order valence-electron chi connectivity index (χ4n) is 4.55. The highest BCUT2D eigenvalue weighted by molar-refractivity contribution is 5.85. The zero-order chi connectivity index (χ0) is 22.0. The summed E-state index contributed by atoms with van der Waals surface area (Å²) in [6.45, 7) is 1.67. The number of ether oxygens (including phenoxy) is 1. The molecule has 2 amide bonds. The van der Waals surface area contributed by atoms with Crippen molar-refractivity contribution in [3.8, 4) is 11.1 Å². The van der Waals surface area contributed by atoms with Gasteiger partial charge in [0.25, 0.3) is 0 Å². The molecule has 0 spiro atoms. The highest BCUT2D eigenvalue weighted by atomic mass is 16.5. The van der Waals surface area contributed by atoms with E-state index in [-0.39, 0.29) is 30.4 Å². The molecule has 0 heterocycles. The molecule has 2 aromatic rings. The lowest BCUT2D eigenvalue weighted by molar-refractivity contribution is -0.141. The van der Waals surface area contributed by atoms with Crippen molar-refractivity contribution in [2.24, 2.45) is 5.92 Å². The molecule has 7 heteroatoms. The van der Waals surface area contributed by atoms with E-state index < -0.39 is 18.1 Å². The van der Waals surface area contributed by atoms with Crippen LogP contribution in [0.4, 0.5) is 4.79 Å². The Balaban J connectivity index is 1.31. The maximum atomic E-state index is 12.4. The molecule has 1 saturated carbocycles. The van der Waals surface area contributed by atoms with Gasteiger partial charge in [0.15, 0.2) is 0 Å². The Kier molecular flexibility index (Phi) is 5.93. The number of nitrogens with one attached hydrogen (secondary N) is 2. The minimum absolute atomic E-state index is 0.00207. The first-order chi connectivity index (χ1) is 14.9. The minimum Gasteiger partial charge on any atom is -0.480 e. The van der Waals surface area contributed by atoms with Crippen LogP contribution in [0.5, 0.6) is 0 Å². The van der Waals surface area contributed by atoms with Crippen molar-refractivity contribution in [2.75, 3.05) is 6.61 Å². The van der Waals surface area contributed by atoms with Crippen LogP contribution in [0.1, 0.15) is 43.2 Å². The van der Waals surface area contributed by atoms with Gasteiger partial charge in [-0.2, -0.15) is 0 Å². The first-order valence-corrected chi connectivity index (χ1v) is 10.6. The van der Waals surface area contributed by atoms with E-state index in [0.29, 0.717) is 19.3 Å². The Morgan fingerprint density at radius 1 is 1.03 bits per heavy atom. The highest BCUT2D eigenvalue weighted by Crippen LogP contribution is 2.44. The van der Waals surface area contributed by atoms with Crippen LogP contribution in [-0.2, 0) is 14.3 Å². The molecule has 2 aliphatic carbocycles. The molecule has 0 aliphatic heterocycles. The highest BCUT2D eigenvalue weighted by Gasteiger charge is 2.33. The number of amides is 2. The summed E-state index contributed by atoms with van der Waals surface area (Å²) in [5, 5.41) is 14.3. The fraction of sp³-hybridized carbons (Fsp3) is 0.375. The third-order valence-electron chi connectivity index (χ3n) is 6.20. The predicted octanol–water partition coefficient (Wildman–Crippen LogP) is 3.28. The lowest BCUT2D eigenvalue weighted by Gasteiger charge is -2.17. The Morgan fingerprint density at radius 3 is 2.26 bits per heavy atom. The van der Waals surface area contributed by atoms with Gasteiger partial charge in [-0.3, -0.25) is 9.59 Å². The quantitative estimate of drug-likeness (QED) is 0.663. The zero-order valence-electron chi connectivity index (χ0n) is 17.3. The molecular weight excluding hydrogens is 396 g/mol. The number of carbonyl (C=O) groups excluding carboxylic acids is 2. The molecule has 162 valence electrons. The van der Waals surface area contributed by atoms with Gasteiger partial charge in [0.05, 0.1) is 0 Å². The summed E-state index contributed by atoms with van der Waals surface area (Å²) in [7, 11) is 0. The van der Waals surface area contributed by atoms with Crippen molar-refractivity contribution in [3.63, 3.8) is 0 Å². The Hall–Kier alpha value is -3.35. The fourth-order valence-corrected chi connectivity index (χ4v) is 4.55. The second-order valence-electron chi connectivity index (χ2n) is 8.25. The van der Waals surface area contributed by atoms with E-state index in [1.807, 2.05) is 24.3 Å². The normalized spacial score (nSPS) is 20.4. The van der Waals surface area contributed by atoms with Crippen molar-refractivity contribution in [1.29, 1.82) is 0 Å². The number of hydrogen-bond donors (Lipinski definition) is 3. The maximum absolute atomic E-state index is 12.4. The van der Waals surface area contributed by atoms with Crippen molar-refractivity contribution in [2.45, 2.75) is 44.2 Å². The standard InChI is InChI=1S/C24H26N2O5/c1-14(23(28)29)25-22(27)15-10-11-16(12-15)26-24(30)31-13-21-19-8-4-2-6-17(19)18-7-3-5-9-20(18)21/h2-9,14-16,21H,10-13H2,1H3,(H,25,27)(H,26,30)(H,28,29)/t14-,15-,16+/m0/s1. The van der Waals surface area contributed by atoms with Crippen LogP contribution in [0.3, 0.4) is 0 Å². The summed E-state index contributed by atoms with van der Waals surface area (Å²) in [6.07, 6.45) is 1.24. The molecular formula is C24H26N2O5. The second kappa shape index (κ2) is 8.79. The van der Waals surface area contributed by atoms with E-state index in [1.165, 1.54) is 18.1 Å². The van der Waals surface area contributed by atoms with Crippen molar-refractivity contribution in [1.82, 2.24) is 10.6 Å². The smallest absolute Gasteiger partial charge is 0.407 e. The predicted molar refractivity (Wildman–Crippen MR) is 115 cm³/mol. The summed E-state index contributed by atoms with van der Waals surface area (Å²) in [4.78, 5) is 35.5. The number of carboxylic acids is 1. The van der Waals surface area contributed by atoms with Gasteiger partial charge in [0.2, 0.25) is 5.91 Å². The van der Waals surface area contributed by atoms with Crippen LogP contribution in [0.15, 0.2) is 48.5 Å². The third kappa shape index (κ3) is 4.40. The molecule has 3 atom stereocenters. The largest absolute Gasteiger partial charge is 0.480 e. The average molecular weight is 422 g/mol. The molecule has 0 bridgehead atoms. The van der Waals surface area contributed by atoms with Gasteiger partial charge in [-0.05, 0) is 48.4 Å². The summed E-state index contributed by atoms with van der Waals surface area (Å²) in [6, 6.07) is 15.2. The summed E-state index contributed by atoms with van der Waals surface area (Å²) in [5.74, 6) is -1.66. The molecule has 0 aromatic heterocycles. The molecule has 1 fully saturated rings. The lowest BCUT2D eigenvalue weighted by atomic mass is 9.98. The van der Waals surface area contributed by atoms with Crippen molar-refractivity contribution >= 4 is 18.0 Å². The van der Waals surface area contributed by atoms with Crippen LogP contribution in [0.2, 0.25) is 0 Å². The SMILES string of the molecule is C[C@H](NC(=O)[C@H]1CC[C@@H](NC(=O)OCC2c3ccccc3-c3ccccc32)C1)C(=O)O. The number of benzene rings is 2. The van der Waals surface area contributed by atoms with E-state index in [0.717, 1.165) is 11.1 Å². The van der Waals surface area contributed by atoms with Gasteiger partial charge in [-0.15, -0.1) is 0 Å². The Labute approximate surface area is 180 Å². The van der Waals surface area contributed by atoms with Crippen LogP contribution in [0, 0.1) is 5.92 Å². The number of rotatable bonds is 6. The van der Waals surface area contributed by atoms with E-state index in [2.05, 4.69) is 34.9 Å². The van der Waals surface area contributed by atoms with Gasteiger partial charge >= 0.3 is 12.1 Å². The van der Waals surface area contributed by atoms with E-state index in [4.69, 9.17) is 9.84 Å². The third-order valence-corrected chi connectivity index (χ3v) is 6.20. The van der Waals surface area contributed by atoms with E-state index in [1.54, 1.807) is 0 Å². The Bertz CT molecular complexity index is 959. The Morgan fingerprint density at radius 2 is 1.65 bits per heavy atom. The van der Waals surface area contributed by atoms with Crippen LogP contribution < -0.4 is 10.6 Å². The molecule has 31 heavy (non-hydrogen) atoms. The van der Waals surface area contributed by atoms with Gasteiger partial charge in [-0.1, -0.05) is 48.5 Å². The number of aliphatic carboxylic acids is 1. The molecule has 4 rings (SSSR count). The number of alkyl carbamates (subject to hydrolysis) is 1. The van der Waals surface area contributed by atoms with Crippen LogP contribution in [-0.4, -0.2) is 41.8 Å².